The second-order valence-corrected chi connectivity index (χ2v) is 8.89. The van der Waals surface area contributed by atoms with Crippen molar-refractivity contribution in [2.24, 2.45) is 11.8 Å². The molecule has 1 saturated carbocycles. The molecule has 5 atom stereocenters. The smallest absolute Gasteiger partial charge is 0.411 e. The normalized spacial score (nSPS) is 31.1. The van der Waals surface area contributed by atoms with Crippen LogP contribution in [0.4, 0.5) is 10.5 Å². The van der Waals surface area contributed by atoms with Crippen LogP contribution < -0.4 is 5.32 Å². The van der Waals surface area contributed by atoms with Crippen LogP contribution >= 0.6 is 0 Å². The van der Waals surface area contributed by atoms with E-state index >= 15 is 0 Å². The fraction of sp³-hybridized carbons (Fsp3) is 0.480. The zero-order chi connectivity index (χ0) is 19.6. The van der Waals surface area contributed by atoms with Crippen molar-refractivity contribution in [1.82, 2.24) is 4.90 Å². The molecular weight excluding hydrogens is 360 g/mol. The number of nitrogens with zero attached hydrogens (tertiary/aromatic N) is 1. The van der Waals surface area contributed by atoms with Crippen molar-refractivity contribution in [3.63, 3.8) is 0 Å². The first kappa shape index (κ1) is 18.7. The summed E-state index contributed by atoms with van der Waals surface area (Å²) in [5.74, 6) is 1.10. The van der Waals surface area contributed by atoms with Gasteiger partial charge in [-0.15, -0.1) is 0 Å². The number of amides is 1. The molecule has 0 aromatic heterocycles. The number of para-hydroxylation sites is 1. The minimum Gasteiger partial charge on any atom is -0.446 e. The number of carbonyl (C=O) groups excluding carboxylic acids is 1. The Morgan fingerprint density at radius 1 is 1.00 bits per heavy atom. The Balaban J connectivity index is 1.30. The molecule has 2 saturated heterocycles. The summed E-state index contributed by atoms with van der Waals surface area (Å²) >= 11 is 0. The second kappa shape index (κ2) is 8.19. The zero-order valence-corrected chi connectivity index (χ0v) is 16.9. The number of carbonyl (C=O) groups is 1. The molecule has 2 bridgehead atoms. The van der Waals surface area contributed by atoms with Crippen molar-refractivity contribution in [2.45, 2.75) is 56.7 Å². The van der Waals surface area contributed by atoms with Gasteiger partial charge in [-0.25, -0.2) is 4.79 Å². The van der Waals surface area contributed by atoms with Crippen molar-refractivity contribution < 1.29 is 9.53 Å². The Morgan fingerprint density at radius 3 is 2.55 bits per heavy atom. The molecule has 2 aromatic rings. The van der Waals surface area contributed by atoms with Gasteiger partial charge in [-0.3, -0.25) is 10.2 Å². The van der Waals surface area contributed by atoms with E-state index in [9.17, 15) is 4.79 Å². The van der Waals surface area contributed by atoms with Crippen molar-refractivity contribution in [1.29, 1.82) is 0 Å². The van der Waals surface area contributed by atoms with Crippen LogP contribution in [0.25, 0.3) is 0 Å². The Kier molecular flexibility index (Phi) is 5.28. The molecule has 0 spiro atoms. The van der Waals surface area contributed by atoms with E-state index in [0.717, 1.165) is 18.5 Å². The van der Waals surface area contributed by atoms with Gasteiger partial charge >= 0.3 is 6.09 Å². The fourth-order valence-corrected chi connectivity index (χ4v) is 5.99. The van der Waals surface area contributed by atoms with Crippen LogP contribution in [0, 0.1) is 11.8 Å². The van der Waals surface area contributed by atoms with Crippen molar-refractivity contribution in [3.05, 3.63) is 66.2 Å². The first-order valence-electron chi connectivity index (χ1n) is 11.1. The molecule has 29 heavy (non-hydrogen) atoms. The fourth-order valence-electron chi connectivity index (χ4n) is 5.99. The predicted octanol–water partition coefficient (Wildman–Crippen LogP) is 5.11. The Hall–Kier alpha value is -2.33. The molecule has 4 heteroatoms. The van der Waals surface area contributed by atoms with E-state index in [2.05, 4.69) is 40.5 Å². The predicted molar refractivity (Wildman–Crippen MR) is 115 cm³/mol. The highest BCUT2D eigenvalue weighted by Crippen LogP contribution is 2.48. The molecule has 2 aliphatic heterocycles. The van der Waals surface area contributed by atoms with E-state index < -0.39 is 0 Å². The van der Waals surface area contributed by atoms with Gasteiger partial charge in [0.05, 0.1) is 0 Å². The van der Waals surface area contributed by atoms with E-state index in [0.29, 0.717) is 23.9 Å². The van der Waals surface area contributed by atoms with Gasteiger partial charge in [-0.05, 0) is 62.3 Å². The number of fused-ring (bicyclic) bond motifs is 4. The highest BCUT2D eigenvalue weighted by atomic mass is 16.6. The Morgan fingerprint density at radius 2 is 1.76 bits per heavy atom. The van der Waals surface area contributed by atoms with Crippen LogP contribution in [0.5, 0.6) is 0 Å². The van der Waals surface area contributed by atoms with E-state index in [-0.39, 0.29) is 12.2 Å². The first-order valence-corrected chi connectivity index (χ1v) is 11.1. The van der Waals surface area contributed by atoms with Gasteiger partial charge in [0.25, 0.3) is 0 Å². The van der Waals surface area contributed by atoms with Crippen LogP contribution in [-0.2, 0) is 11.2 Å². The van der Waals surface area contributed by atoms with Gasteiger partial charge in [0.15, 0.2) is 0 Å². The minimum atomic E-state index is -0.310. The average Bonchev–Trinajstić information content (AvgIpc) is 3.12. The minimum absolute atomic E-state index is 0.0371. The molecule has 2 aromatic carbocycles. The molecule has 0 radical (unpaired) electrons. The third-order valence-corrected chi connectivity index (χ3v) is 7.21. The van der Waals surface area contributed by atoms with Crippen LogP contribution in [-0.4, -0.2) is 35.7 Å². The van der Waals surface area contributed by atoms with Gasteiger partial charge in [0.1, 0.15) is 6.10 Å². The van der Waals surface area contributed by atoms with Crippen molar-refractivity contribution >= 4 is 11.8 Å². The van der Waals surface area contributed by atoms with Crippen LogP contribution in [0.2, 0.25) is 0 Å². The average molecular weight is 391 g/mol. The molecule has 3 fully saturated rings. The second-order valence-electron chi connectivity index (χ2n) is 8.89. The summed E-state index contributed by atoms with van der Waals surface area (Å²) in [6.45, 7) is 1.19. The number of hydrogen-bond donors (Lipinski definition) is 1. The van der Waals surface area contributed by atoms with Crippen LogP contribution in [0.3, 0.4) is 0 Å². The molecule has 3 aliphatic rings. The zero-order valence-electron chi connectivity index (χ0n) is 16.9. The standard InChI is InChI=1S/C25H30N2O2/c28-25(26-20-11-5-2-6-12-20)29-24-17-19-16-21(24)22-13-7-8-14-27(22)23(19)15-18-9-3-1-4-10-18/h1-6,9-12,19,21-24H,7-8,13-17H2,(H,26,28)/t19-,21-,22-,23+,24-/m1/s1. The van der Waals surface area contributed by atoms with Crippen LogP contribution in [0.1, 0.15) is 37.7 Å². The highest BCUT2D eigenvalue weighted by molar-refractivity contribution is 5.84. The summed E-state index contributed by atoms with van der Waals surface area (Å²) in [5, 5.41) is 2.90. The van der Waals surface area contributed by atoms with Gasteiger partial charge in [0, 0.05) is 23.7 Å². The first-order chi connectivity index (χ1) is 14.3. The third kappa shape index (κ3) is 3.91. The topological polar surface area (TPSA) is 41.6 Å². The van der Waals surface area contributed by atoms with E-state index in [1.807, 2.05) is 30.3 Å². The Labute approximate surface area is 173 Å². The quantitative estimate of drug-likeness (QED) is 0.789. The molecule has 152 valence electrons. The summed E-state index contributed by atoms with van der Waals surface area (Å²) in [6, 6.07) is 21.6. The number of rotatable bonds is 4. The summed E-state index contributed by atoms with van der Waals surface area (Å²) in [6.07, 6.45) is 6.86. The molecule has 2 heterocycles. The van der Waals surface area contributed by atoms with Gasteiger partial charge in [-0.1, -0.05) is 55.0 Å². The monoisotopic (exact) mass is 390 g/mol. The lowest BCUT2D eigenvalue weighted by molar-refractivity contribution is -0.0144. The lowest BCUT2D eigenvalue weighted by Gasteiger charge is -2.49. The molecular formula is C25H30N2O2. The number of ether oxygens (including phenoxy) is 1. The van der Waals surface area contributed by atoms with Crippen LogP contribution in [0.15, 0.2) is 60.7 Å². The lowest BCUT2D eigenvalue weighted by atomic mass is 9.79. The molecule has 5 rings (SSSR count). The van der Waals surface area contributed by atoms with E-state index in [4.69, 9.17) is 4.74 Å². The Bertz CT molecular complexity index is 825. The largest absolute Gasteiger partial charge is 0.446 e. The van der Waals surface area contributed by atoms with Gasteiger partial charge < -0.3 is 4.74 Å². The van der Waals surface area contributed by atoms with Gasteiger partial charge in [0.2, 0.25) is 0 Å². The highest BCUT2D eigenvalue weighted by Gasteiger charge is 2.52. The van der Waals surface area contributed by atoms with E-state index in [1.165, 1.54) is 37.8 Å². The number of nitrogens with one attached hydrogen (secondary N) is 1. The molecule has 1 N–H and O–H groups in total. The maximum atomic E-state index is 12.5. The SMILES string of the molecule is O=C(Nc1ccccc1)O[C@@H]1C[C@H]2C[C@@H]1[C@H]1CCCCN1[C@H]2Cc1ccccc1. The summed E-state index contributed by atoms with van der Waals surface area (Å²) in [7, 11) is 0. The summed E-state index contributed by atoms with van der Waals surface area (Å²) in [5.41, 5.74) is 2.21. The van der Waals surface area contributed by atoms with Crippen molar-refractivity contribution in [2.75, 3.05) is 11.9 Å². The van der Waals surface area contributed by atoms with E-state index in [1.54, 1.807) is 0 Å². The number of anilines is 1. The number of piperidine rings is 2. The molecule has 1 amide bonds. The number of hydrogen-bond acceptors (Lipinski definition) is 3. The summed E-state index contributed by atoms with van der Waals surface area (Å²) in [4.78, 5) is 15.3. The maximum Gasteiger partial charge on any atom is 0.411 e. The summed E-state index contributed by atoms with van der Waals surface area (Å²) < 4.78 is 6.00. The van der Waals surface area contributed by atoms with Crippen molar-refractivity contribution in [3.8, 4) is 0 Å². The third-order valence-electron chi connectivity index (χ3n) is 7.21. The molecule has 4 nitrogen and oxygen atoms in total. The maximum absolute atomic E-state index is 12.5. The molecule has 1 aliphatic carbocycles. The van der Waals surface area contributed by atoms with Gasteiger partial charge in [-0.2, -0.15) is 0 Å². The number of benzene rings is 2. The lowest BCUT2D eigenvalue weighted by Crippen LogP contribution is -2.55. The molecule has 0 unspecified atom stereocenters.